The van der Waals surface area contributed by atoms with E-state index in [1.54, 1.807) is 41.5 Å². The molecule has 1 aliphatic carbocycles. The Morgan fingerprint density at radius 1 is 1.04 bits per heavy atom. The lowest BCUT2D eigenvalue weighted by Crippen LogP contribution is -2.53. The van der Waals surface area contributed by atoms with Crippen LogP contribution >= 0.6 is 0 Å². The van der Waals surface area contributed by atoms with E-state index in [4.69, 9.17) is 9.47 Å². The van der Waals surface area contributed by atoms with Crippen LogP contribution in [-0.2, 0) is 19.7 Å². The molecular weight excluding hydrogens is 334 g/mol. The van der Waals surface area contributed by atoms with Crippen LogP contribution in [0.25, 0.3) is 0 Å². The quantitative estimate of drug-likeness (QED) is 0.804. The average Bonchev–Trinajstić information content (AvgIpc) is 3.15. The second-order valence-electron chi connectivity index (χ2n) is 8.82. The molecule has 1 aromatic rings. The van der Waals surface area contributed by atoms with Crippen LogP contribution in [0.2, 0.25) is 0 Å². The number of nitrogens with one attached hydrogen (secondary N) is 1. The molecule has 0 spiro atoms. The highest BCUT2D eigenvalue weighted by molar-refractivity contribution is 5.93. The van der Waals surface area contributed by atoms with Crippen LogP contribution in [0.1, 0.15) is 53.5 Å². The minimum absolute atomic E-state index is 0.245. The van der Waals surface area contributed by atoms with E-state index in [0.29, 0.717) is 0 Å². The van der Waals surface area contributed by atoms with Crippen molar-refractivity contribution in [3.05, 3.63) is 35.9 Å². The lowest BCUT2D eigenvalue weighted by atomic mass is 9.91. The van der Waals surface area contributed by atoms with Crippen molar-refractivity contribution in [1.29, 1.82) is 0 Å². The number of carbonyl (C=O) groups is 2. The number of esters is 1. The van der Waals surface area contributed by atoms with Crippen molar-refractivity contribution >= 4 is 12.1 Å². The van der Waals surface area contributed by atoms with Crippen molar-refractivity contribution in [1.82, 2.24) is 5.32 Å². The summed E-state index contributed by atoms with van der Waals surface area (Å²) < 4.78 is 10.9. The molecule has 1 aliphatic rings. The zero-order valence-electron chi connectivity index (χ0n) is 16.4. The Labute approximate surface area is 154 Å². The van der Waals surface area contributed by atoms with Gasteiger partial charge in [-0.05, 0) is 53.5 Å². The van der Waals surface area contributed by atoms with Gasteiger partial charge in [-0.3, -0.25) is 0 Å². The summed E-state index contributed by atoms with van der Waals surface area (Å²) in [6.07, 6.45) is -0.469. The fraction of sp³-hybridized carbons (Fsp3) is 0.600. The number of carbonyl (C=O) groups excluding carboxylic acids is 2. The molecule has 1 unspecified atom stereocenters. The van der Waals surface area contributed by atoms with Crippen LogP contribution in [0.15, 0.2) is 30.3 Å². The number of aliphatic hydroxyl groups excluding tert-OH is 1. The zero-order chi connectivity index (χ0) is 19.8. The van der Waals surface area contributed by atoms with Gasteiger partial charge in [-0.15, -0.1) is 0 Å². The molecule has 1 fully saturated rings. The minimum atomic E-state index is -1.36. The molecule has 144 valence electrons. The Morgan fingerprint density at radius 3 is 2.04 bits per heavy atom. The smallest absolute Gasteiger partial charge is 0.408 e. The van der Waals surface area contributed by atoms with Crippen molar-refractivity contribution < 1.29 is 24.2 Å². The van der Waals surface area contributed by atoms with Crippen LogP contribution in [0.3, 0.4) is 0 Å². The normalized spacial score (nSPS) is 25.3. The monoisotopic (exact) mass is 363 g/mol. The van der Waals surface area contributed by atoms with Gasteiger partial charge in [0, 0.05) is 0 Å². The summed E-state index contributed by atoms with van der Waals surface area (Å²) in [7, 11) is 0. The maximum Gasteiger partial charge on any atom is 0.408 e. The summed E-state index contributed by atoms with van der Waals surface area (Å²) in [4.78, 5) is 25.4. The predicted octanol–water partition coefficient (Wildman–Crippen LogP) is 2.93. The molecule has 2 rings (SSSR count). The van der Waals surface area contributed by atoms with Gasteiger partial charge >= 0.3 is 12.1 Å². The number of hydrogen-bond acceptors (Lipinski definition) is 5. The first-order chi connectivity index (χ1) is 11.9. The second kappa shape index (κ2) is 6.58. The van der Waals surface area contributed by atoms with Gasteiger partial charge in [-0.1, -0.05) is 30.3 Å². The number of amides is 1. The second-order valence-corrected chi connectivity index (χ2v) is 8.82. The van der Waals surface area contributed by atoms with Crippen molar-refractivity contribution in [2.75, 3.05) is 6.61 Å². The van der Waals surface area contributed by atoms with E-state index in [9.17, 15) is 14.7 Å². The summed E-state index contributed by atoms with van der Waals surface area (Å²) in [5, 5.41) is 12.8. The number of aliphatic hydroxyl groups is 1. The molecule has 1 aromatic carbocycles. The van der Waals surface area contributed by atoms with E-state index in [1.807, 2.05) is 30.3 Å². The van der Waals surface area contributed by atoms with Gasteiger partial charge in [0.15, 0.2) is 5.54 Å². The highest BCUT2D eigenvalue weighted by atomic mass is 16.6. The molecule has 26 heavy (non-hydrogen) atoms. The molecule has 0 aromatic heterocycles. The maximum atomic E-state index is 13.0. The third kappa shape index (κ3) is 4.01. The standard InChI is InChI=1S/C20H29NO5/c1-17(2,3)25-15(23)20(21-16(24)26-18(4,5)6)12-19(20,13-22)14-10-8-7-9-11-14/h7-11,22H,12-13H2,1-6H3,(H,21,24)/t19-,20?/m0/s1. The first-order valence-electron chi connectivity index (χ1n) is 8.76. The Morgan fingerprint density at radius 2 is 1.58 bits per heavy atom. The summed E-state index contributed by atoms with van der Waals surface area (Å²) >= 11 is 0. The Hall–Kier alpha value is -2.08. The van der Waals surface area contributed by atoms with E-state index >= 15 is 0 Å². The Kier molecular flexibility index (Phi) is 5.12. The summed E-state index contributed by atoms with van der Waals surface area (Å²) in [6, 6.07) is 9.18. The third-order valence-corrected chi connectivity index (χ3v) is 4.32. The minimum Gasteiger partial charge on any atom is -0.458 e. The van der Waals surface area contributed by atoms with E-state index in [2.05, 4.69) is 5.32 Å². The van der Waals surface area contributed by atoms with Gasteiger partial charge in [0.05, 0.1) is 12.0 Å². The van der Waals surface area contributed by atoms with E-state index < -0.39 is 34.2 Å². The first-order valence-corrected chi connectivity index (χ1v) is 8.76. The van der Waals surface area contributed by atoms with Crippen molar-refractivity contribution in [3.63, 3.8) is 0 Å². The van der Waals surface area contributed by atoms with Gasteiger partial charge in [0.25, 0.3) is 0 Å². The van der Waals surface area contributed by atoms with E-state index in [0.717, 1.165) is 5.56 Å². The number of ether oxygens (including phenoxy) is 2. The Balaban J connectivity index is 2.38. The van der Waals surface area contributed by atoms with Gasteiger partial charge in [-0.25, -0.2) is 9.59 Å². The molecule has 0 saturated heterocycles. The van der Waals surface area contributed by atoms with Crippen LogP contribution in [0, 0.1) is 0 Å². The van der Waals surface area contributed by atoms with E-state index in [1.165, 1.54) is 0 Å². The lowest BCUT2D eigenvalue weighted by Gasteiger charge is -2.29. The highest BCUT2D eigenvalue weighted by Gasteiger charge is 2.75. The SMILES string of the molecule is CC(C)(C)OC(=O)NC1(C(=O)OC(C)(C)C)C[C@]1(CO)c1ccccc1. The molecule has 1 amide bonds. The third-order valence-electron chi connectivity index (χ3n) is 4.32. The number of hydrogen-bond donors (Lipinski definition) is 2. The largest absolute Gasteiger partial charge is 0.458 e. The summed E-state index contributed by atoms with van der Waals surface area (Å²) in [5.74, 6) is -0.575. The zero-order valence-corrected chi connectivity index (χ0v) is 16.4. The fourth-order valence-electron chi connectivity index (χ4n) is 3.12. The predicted molar refractivity (Wildman–Crippen MR) is 97.8 cm³/mol. The number of benzene rings is 1. The van der Waals surface area contributed by atoms with E-state index in [-0.39, 0.29) is 13.0 Å². The Bertz CT molecular complexity index is 674. The average molecular weight is 363 g/mol. The molecule has 2 N–H and O–H groups in total. The molecule has 6 heteroatoms. The molecular formula is C20H29NO5. The first kappa shape index (κ1) is 20.2. The van der Waals surface area contributed by atoms with Crippen molar-refractivity contribution in [2.45, 2.75) is 70.1 Å². The van der Waals surface area contributed by atoms with Gasteiger partial charge in [-0.2, -0.15) is 0 Å². The summed E-state index contributed by atoms with van der Waals surface area (Å²) in [5.41, 5.74) is -2.96. The molecule has 1 saturated carbocycles. The number of rotatable bonds is 4. The fourth-order valence-corrected chi connectivity index (χ4v) is 3.12. The highest BCUT2D eigenvalue weighted by Crippen LogP contribution is 2.58. The lowest BCUT2D eigenvalue weighted by molar-refractivity contribution is -0.159. The van der Waals surface area contributed by atoms with Crippen LogP contribution in [0.5, 0.6) is 0 Å². The molecule has 0 heterocycles. The van der Waals surface area contributed by atoms with Crippen molar-refractivity contribution in [2.24, 2.45) is 0 Å². The van der Waals surface area contributed by atoms with Crippen LogP contribution in [0.4, 0.5) is 4.79 Å². The molecule has 0 aliphatic heterocycles. The van der Waals surface area contributed by atoms with Gasteiger partial charge < -0.3 is 19.9 Å². The molecule has 6 nitrogen and oxygen atoms in total. The van der Waals surface area contributed by atoms with Crippen LogP contribution in [-0.4, -0.2) is 40.5 Å². The molecule has 2 atom stereocenters. The van der Waals surface area contributed by atoms with Gasteiger partial charge in [0.2, 0.25) is 0 Å². The summed E-state index contributed by atoms with van der Waals surface area (Å²) in [6.45, 7) is 10.2. The number of alkyl carbamates (subject to hydrolysis) is 1. The maximum absolute atomic E-state index is 13.0. The topological polar surface area (TPSA) is 84.9 Å². The molecule has 0 bridgehead atoms. The van der Waals surface area contributed by atoms with Crippen LogP contribution < -0.4 is 5.32 Å². The molecule has 0 radical (unpaired) electrons. The van der Waals surface area contributed by atoms with Gasteiger partial charge in [0.1, 0.15) is 11.2 Å². The van der Waals surface area contributed by atoms with Crippen molar-refractivity contribution in [3.8, 4) is 0 Å².